The highest BCUT2D eigenvalue weighted by molar-refractivity contribution is 6.30. The van der Waals surface area contributed by atoms with Gasteiger partial charge in [-0.3, -0.25) is 4.79 Å². The van der Waals surface area contributed by atoms with Crippen LogP contribution in [0, 0.1) is 0 Å². The lowest BCUT2D eigenvalue weighted by molar-refractivity contribution is -0.892. The van der Waals surface area contributed by atoms with Crippen molar-refractivity contribution in [3.8, 4) is 0 Å². The number of carbonyl (C=O) groups excluding carboxylic acids is 1. The Bertz CT molecular complexity index is 788. The Morgan fingerprint density at radius 1 is 0.964 bits per heavy atom. The van der Waals surface area contributed by atoms with Gasteiger partial charge in [0.15, 0.2) is 6.54 Å². The summed E-state index contributed by atoms with van der Waals surface area (Å²) in [4.78, 5) is 29.2. The van der Waals surface area contributed by atoms with Crippen LogP contribution in [0.2, 0.25) is 5.02 Å². The molecule has 0 radical (unpaired) electrons. The number of amides is 1. The number of quaternary nitrogens is 1. The molecule has 148 valence electrons. The molecule has 28 heavy (non-hydrogen) atoms. The van der Waals surface area contributed by atoms with Crippen molar-refractivity contribution in [3.05, 3.63) is 47.7 Å². The molecule has 2 saturated heterocycles. The molecular weight excluding hydrogens is 376 g/mol. The predicted molar refractivity (Wildman–Crippen MR) is 110 cm³/mol. The van der Waals surface area contributed by atoms with Crippen LogP contribution in [0.15, 0.2) is 42.7 Å². The molecule has 2 aromatic rings. The zero-order valence-electron chi connectivity index (χ0n) is 15.9. The Hall–Kier alpha value is -2.38. The number of hydrogen-bond donors (Lipinski definition) is 1. The van der Waals surface area contributed by atoms with Gasteiger partial charge in [0.1, 0.15) is 0 Å². The Balaban J connectivity index is 1.23. The van der Waals surface area contributed by atoms with E-state index in [4.69, 9.17) is 11.6 Å². The number of halogens is 1. The van der Waals surface area contributed by atoms with Crippen molar-refractivity contribution in [2.24, 2.45) is 0 Å². The van der Waals surface area contributed by atoms with Crippen molar-refractivity contribution < 1.29 is 9.69 Å². The van der Waals surface area contributed by atoms with Crippen LogP contribution in [0.4, 0.5) is 11.6 Å². The van der Waals surface area contributed by atoms with E-state index >= 15 is 0 Å². The summed E-state index contributed by atoms with van der Waals surface area (Å²) >= 11 is 6.10. The molecule has 7 nitrogen and oxygen atoms in total. The molecule has 1 N–H and O–H groups in total. The summed E-state index contributed by atoms with van der Waals surface area (Å²) in [6.07, 6.45) is 3.54. The summed E-state index contributed by atoms with van der Waals surface area (Å²) in [5.74, 6) is 1.04. The highest BCUT2D eigenvalue weighted by Gasteiger charge is 2.27. The first-order chi connectivity index (χ1) is 13.7. The summed E-state index contributed by atoms with van der Waals surface area (Å²) in [5.41, 5.74) is 1.13. The monoisotopic (exact) mass is 401 g/mol. The van der Waals surface area contributed by atoms with E-state index in [0.717, 1.165) is 69.0 Å². The number of nitrogens with one attached hydrogen (secondary N) is 1. The maximum atomic E-state index is 12.7. The standard InChI is InChI=1S/C20H25ClN6O/c21-17-3-1-4-18(15-17)25-11-13-26(14-12-25)19(28)16-24-7-9-27(10-8-24)20-22-5-2-6-23-20/h1-6,15H,7-14,16H2/p+1. The van der Waals surface area contributed by atoms with Crippen molar-refractivity contribution in [2.45, 2.75) is 0 Å². The second kappa shape index (κ2) is 8.75. The molecule has 8 heteroatoms. The van der Waals surface area contributed by atoms with Crippen LogP contribution < -0.4 is 14.7 Å². The lowest BCUT2D eigenvalue weighted by Gasteiger charge is -2.37. The van der Waals surface area contributed by atoms with Crippen LogP contribution in [0.3, 0.4) is 0 Å². The van der Waals surface area contributed by atoms with Crippen LogP contribution >= 0.6 is 11.6 Å². The molecule has 3 heterocycles. The van der Waals surface area contributed by atoms with Crippen LogP contribution in [0.1, 0.15) is 0 Å². The van der Waals surface area contributed by atoms with Gasteiger partial charge in [0, 0.05) is 49.3 Å². The summed E-state index contributed by atoms with van der Waals surface area (Å²) in [7, 11) is 0. The zero-order chi connectivity index (χ0) is 19.3. The van der Waals surface area contributed by atoms with Gasteiger partial charge in [-0.15, -0.1) is 0 Å². The molecule has 1 amide bonds. The Labute approximate surface area is 170 Å². The van der Waals surface area contributed by atoms with E-state index in [0.29, 0.717) is 6.54 Å². The molecule has 2 fully saturated rings. The van der Waals surface area contributed by atoms with E-state index in [1.54, 1.807) is 12.4 Å². The normalized spacial score (nSPS) is 18.4. The van der Waals surface area contributed by atoms with Crippen LogP contribution in [0.25, 0.3) is 0 Å². The van der Waals surface area contributed by atoms with Crippen LogP contribution in [-0.2, 0) is 4.79 Å². The van der Waals surface area contributed by atoms with Gasteiger partial charge in [0.25, 0.3) is 5.91 Å². The molecule has 0 bridgehead atoms. The van der Waals surface area contributed by atoms with Crippen molar-refractivity contribution in [2.75, 3.05) is 68.7 Å². The SMILES string of the molecule is O=C(C[NH+]1CCN(c2ncccn2)CC1)N1CCN(c2cccc(Cl)c2)CC1. The Kier molecular flexibility index (Phi) is 5.92. The number of rotatable bonds is 4. The number of nitrogens with zero attached hydrogens (tertiary/aromatic N) is 5. The van der Waals surface area contributed by atoms with Gasteiger partial charge in [0.05, 0.1) is 26.2 Å². The van der Waals surface area contributed by atoms with Gasteiger partial charge in [-0.2, -0.15) is 0 Å². The molecule has 0 saturated carbocycles. The number of hydrogen-bond acceptors (Lipinski definition) is 5. The lowest BCUT2D eigenvalue weighted by atomic mass is 10.2. The lowest BCUT2D eigenvalue weighted by Crippen LogP contribution is -3.16. The summed E-state index contributed by atoms with van der Waals surface area (Å²) in [6, 6.07) is 9.74. The number of aromatic nitrogens is 2. The van der Waals surface area contributed by atoms with E-state index in [2.05, 4.69) is 25.8 Å². The Morgan fingerprint density at radius 3 is 2.36 bits per heavy atom. The van der Waals surface area contributed by atoms with Crippen molar-refractivity contribution >= 4 is 29.1 Å². The summed E-state index contributed by atoms with van der Waals surface area (Å²) < 4.78 is 0. The molecule has 1 aromatic heterocycles. The predicted octanol–water partition coefficient (Wildman–Crippen LogP) is 0.184. The summed E-state index contributed by atoms with van der Waals surface area (Å²) in [6.45, 7) is 7.44. The number of piperazine rings is 2. The van der Waals surface area contributed by atoms with E-state index in [-0.39, 0.29) is 5.91 Å². The van der Waals surface area contributed by atoms with Crippen LogP contribution in [-0.4, -0.2) is 79.7 Å². The number of benzene rings is 1. The third kappa shape index (κ3) is 4.54. The minimum absolute atomic E-state index is 0.255. The summed E-state index contributed by atoms with van der Waals surface area (Å²) in [5, 5.41) is 0.750. The maximum Gasteiger partial charge on any atom is 0.277 e. The zero-order valence-corrected chi connectivity index (χ0v) is 16.7. The average Bonchev–Trinajstić information content (AvgIpc) is 2.75. The van der Waals surface area contributed by atoms with Gasteiger partial charge >= 0.3 is 0 Å². The number of anilines is 2. The highest BCUT2D eigenvalue weighted by Crippen LogP contribution is 2.20. The van der Waals surface area contributed by atoms with E-state index in [1.165, 1.54) is 4.90 Å². The van der Waals surface area contributed by atoms with E-state index < -0.39 is 0 Å². The van der Waals surface area contributed by atoms with Gasteiger partial charge in [0.2, 0.25) is 5.95 Å². The fourth-order valence-corrected chi connectivity index (χ4v) is 4.05. The Morgan fingerprint density at radius 2 is 1.68 bits per heavy atom. The molecule has 0 aliphatic carbocycles. The van der Waals surface area contributed by atoms with Gasteiger partial charge in [-0.1, -0.05) is 17.7 Å². The van der Waals surface area contributed by atoms with Gasteiger partial charge in [-0.25, -0.2) is 9.97 Å². The average molecular weight is 402 g/mol. The quantitative estimate of drug-likeness (QED) is 0.792. The van der Waals surface area contributed by atoms with Crippen LogP contribution in [0.5, 0.6) is 0 Å². The van der Waals surface area contributed by atoms with Gasteiger partial charge in [-0.05, 0) is 24.3 Å². The second-order valence-electron chi connectivity index (χ2n) is 7.31. The molecule has 2 aliphatic heterocycles. The largest absolute Gasteiger partial charge is 0.368 e. The highest BCUT2D eigenvalue weighted by atomic mass is 35.5. The topological polar surface area (TPSA) is 57.0 Å². The molecule has 0 unspecified atom stereocenters. The number of carbonyl (C=O) groups is 1. The van der Waals surface area contributed by atoms with E-state index in [9.17, 15) is 4.79 Å². The third-order valence-electron chi connectivity index (χ3n) is 5.51. The fraction of sp³-hybridized carbons (Fsp3) is 0.450. The molecule has 1 aromatic carbocycles. The van der Waals surface area contributed by atoms with Gasteiger partial charge < -0.3 is 19.6 Å². The second-order valence-corrected chi connectivity index (χ2v) is 7.75. The van der Waals surface area contributed by atoms with Crippen molar-refractivity contribution in [1.29, 1.82) is 0 Å². The first kappa shape index (κ1) is 19.0. The molecular formula is C20H26ClN6O+. The molecule has 0 atom stereocenters. The maximum absolute atomic E-state index is 12.7. The molecule has 2 aliphatic rings. The van der Waals surface area contributed by atoms with Crippen molar-refractivity contribution in [3.63, 3.8) is 0 Å². The first-order valence-electron chi connectivity index (χ1n) is 9.83. The first-order valence-corrected chi connectivity index (χ1v) is 10.2. The third-order valence-corrected chi connectivity index (χ3v) is 5.75. The van der Waals surface area contributed by atoms with Crippen molar-refractivity contribution in [1.82, 2.24) is 14.9 Å². The van der Waals surface area contributed by atoms with E-state index in [1.807, 2.05) is 29.2 Å². The fourth-order valence-electron chi connectivity index (χ4n) is 3.87. The molecule has 0 spiro atoms. The molecule has 4 rings (SSSR count). The smallest absolute Gasteiger partial charge is 0.277 e. The minimum atomic E-state index is 0.255. The minimum Gasteiger partial charge on any atom is -0.368 e.